The molecule has 2 atom stereocenters. The van der Waals surface area contributed by atoms with Gasteiger partial charge in [0, 0.05) is 19.0 Å². The monoisotopic (exact) mass is 445 g/mol. The first-order valence-corrected chi connectivity index (χ1v) is 11.7. The lowest BCUT2D eigenvalue weighted by atomic mass is 9.80. The summed E-state index contributed by atoms with van der Waals surface area (Å²) >= 11 is 6.11. The predicted octanol–water partition coefficient (Wildman–Crippen LogP) is 6.46. The maximum absolute atomic E-state index is 14.5. The quantitative estimate of drug-likeness (QED) is 0.450. The number of hydrogen-bond donors (Lipinski definition) is 2. The third kappa shape index (κ3) is 9.00. The zero-order chi connectivity index (χ0) is 22.6. The lowest BCUT2D eigenvalue weighted by Gasteiger charge is -2.27. The normalized spacial score (nSPS) is 18.8. The van der Waals surface area contributed by atoms with E-state index in [2.05, 4.69) is 35.7 Å². The Morgan fingerprint density at radius 2 is 2.06 bits per heavy atom. The minimum absolute atomic E-state index is 0.167. The third-order valence-electron chi connectivity index (χ3n) is 5.97. The van der Waals surface area contributed by atoms with Gasteiger partial charge in [0.2, 0.25) is 0 Å². The van der Waals surface area contributed by atoms with Crippen LogP contribution in [0.25, 0.3) is 5.57 Å². The Morgan fingerprint density at radius 1 is 1.29 bits per heavy atom. The van der Waals surface area contributed by atoms with Gasteiger partial charge in [-0.3, -0.25) is 10.3 Å². The average molecular weight is 446 g/mol. The van der Waals surface area contributed by atoms with Gasteiger partial charge < -0.3 is 5.32 Å². The standard InChI is InChI=1S/C26H37ClFN3/c1-5-21(22-10-12-29-16-25(27)17-31-18-30-13-11-22)7-6-20(4)23-8-9-24(14-19(2)3)26(28)15-23/h8-9,15-17,21-22,29-30H,2,4-7,10-14,18H2,1,3H3. The van der Waals surface area contributed by atoms with Gasteiger partial charge in [-0.2, -0.15) is 0 Å². The zero-order valence-electron chi connectivity index (χ0n) is 19.0. The van der Waals surface area contributed by atoms with Crippen molar-refractivity contribution in [3.63, 3.8) is 0 Å². The van der Waals surface area contributed by atoms with E-state index in [-0.39, 0.29) is 5.82 Å². The molecule has 0 spiro atoms. The number of hydrogen-bond acceptors (Lipinski definition) is 3. The molecule has 0 radical (unpaired) electrons. The van der Waals surface area contributed by atoms with Gasteiger partial charge in [0.05, 0.1) is 11.7 Å². The first kappa shape index (κ1) is 25.4. The molecule has 0 fully saturated rings. The lowest BCUT2D eigenvalue weighted by molar-refractivity contribution is 0.269. The molecule has 2 unspecified atom stereocenters. The molecule has 3 nitrogen and oxygen atoms in total. The fourth-order valence-electron chi connectivity index (χ4n) is 4.17. The number of nitrogens with one attached hydrogen (secondary N) is 2. The predicted molar refractivity (Wildman–Crippen MR) is 133 cm³/mol. The van der Waals surface area contributed by atoms with Gasteiger partial charge in [-0.1, -0.05) is 55.8 Å². The van der Waals surface area contributed by atoms with Crippen molar-refractivity contribution < 1.29 is 4.39 Å². The van der Waals surface area contributed by atoms with Crippen LogP contribution < -0.4 is 10.6 Å². The van der Waals surface area contributed by atoms with Crippen LogP contribution in [0.15, 0.2) is 53.2 Å². The summed E-state index contributed by atoms with van der Waals surface area (Å²) in [7, 11) is 0. The number of halogens is 2. The van der Waals surface area contributed by atoms with E-state index < -0.39 is 0 Å². The summed E-state index contributed by atoms with van der Waals surface area (Å²) < 4.78 is 14.5. The minimum atomic E-state index is -0.167. The Labute approximate surface area is 192 Å². The van der Waals surface area contributed by atoms with Crippen LogP contribution in [0.2, 0.25) is 0 Å². The topological polar surface area (TPSA) is 36.4 Å². The van der Waals surface area contributed by atoms with Crippen molar-refractivity contribution in [1.29, 1.82) is 0 Å². The highest BCUT2D eigenvalue weighted by molar-refractivity contribution is 6.39. The molecule has 0 aliphatic carbocycles. The number of rotatable bonds is 8. The smallest absolute Gasteiger partial charge is 0.127 e. The van der Waals surface area contributed by atoms with Crippen molar-refractivity contribution in [1.82, 2.24) is 10.6 Å². The molecule has 5 heteroatoms. The van der Waals surface area contributed by atoms with E-state index in [9.17, 15) is 4.39 Å². The van der Waals surface area contributed by atoms with Crippen LogP contribution in [0.3, 0.4) is 0 Å². The van der Waals surface area contributed by atoms with E-state index in [1.165, 1.54) is 0 Å². The Balaban J connectivity index is 1.96. The highest BCUT2D eigenvalue weighted by Crippen LogP contribution is 2.31. The fraction of sp³-hybridized carbons (Fsp3) is 0.500. The summed E-state index contributed by atoms with van der Waals surface area (Å²) in [6.45, 7) is 14.7. The molecule has 2 rings (SSSR count). The van der Waals surface area contributed by atoms with E-state index in [4.69, 9.17) is 11.6 Å². The third-order valence-corrected chi connectivity index (χ3v) is 6.18. The summed E-state index contributed by atoms with van der Waals surface area (Å²) in [5, 5.41) is 7.30. The van der Waals surface area contributed by atoms with Gasteiger partial charge in [-0.05, 0) is 80.2 Å². The second-order valence-electron chi connectivity index (χ2n) is 8.54. The van der Waals surface area contributed by atoms with E-state index in [1.807, 2.05) is 25.3 Å². The van der Waals surface area contributed by atoms with Crippen LogP contribution in [0, 0.1) is 17.7 Å². The Morgan fingerprint density at radius 3 is 2.77 bits per heavy atom. The molecule has 0 bridgehead atoms. The fourth-order valence-corrected chi connectivity index (χ4v) is 4.31. The number of allylic oxidation sites excluding steroid dienone is 3. The van der Waals surface area contributed by atoms with Crippen LogP contribution >= 0.6 is 11.6 Å². The summed E-state index contributed by atoms with van der Waals surface area (Å²) in [6, 6.07) is 5.49. The van der Waals surface area contributed by atoms with Gasteiger partial charge >= 0.3 is 0 Å². The summed E-state index contributed by atoms with van der Waals surface area (Å²) in [4.78, 5) is 4.27. The molecule has 170 valence electrons. The second kappa shape index (κ2) is 13.5. The Bertz CT molecular complexity index is 800. The Hall–Kier alpha value is -1.91. The van der Waals surface area contributed by atoms with Crippen LogP contribution in [-0.2, 0) is 6.42 Å². The van der Waals surface area contributed by atoms with Crippen LogP contribution in [0.5, 0.6) is 0 Å². The van der Waals surface area contributed by atoms with Gasteiger partial charge in [-0.25, -0.2) is 4.39 Å². The zero-order valence-corrected chi connectivity index (χ0v) is 19.8. The van der Waals surface area contributed by atoms with Gasteiger partial charge in [0.15, 0.2) is 0 Å². The summed E-state index contributed by atoms with van der Waals surface area (Å²) in [5.74, 6) is 1.03. The molecule has 0 saturated heterocycles. The van der Waals surface area contributed by atoms with Crippen molar-refractivity contribution in [2.45, 2.75) is 52.4 Å². The van der Waals surface area contributed by atoms with Crippen LogP contribution in [-0.4, -0.2) is 26.0 Å². The average Bonchev–Trinajstić information content (AvgIpc) is 2.73. The SMILES string of the molecule is C=C(C)Cc1ccc(C(=C)CCC(CC)C2CCNC=C(Cl)C=NCNCC2)cc1F. The molecule has 0 amide bonds. The molecule has 31 heavy (non-hydrogen) atoms. The van der Waals surface area contributed by atoms with E-state index >= 15 is 0 Å². The highest BCUT2D eigenvalue weighted by Gasteiger charge is 2.20. The first-order valence-electron chi connectivity index (χ1n) is 11.3. The first-order chi connectivity index (χ1) is 14.9. The summed E-state index contributed by atoms with van der Waals surface area (Å²) in [5.41, 5.74) is 3.56. The molecular formula is C26H37ClFN3. The van der Waals surface area contributed by atoms with Gasteiger partial charge in [0.1, 0.15) is 5.82 Å². The van der Waals surface area contributed by atoms with Crippen molar-refractivity contribution >= 4 is 23.4 Å². The largest absolute Gasteiger partial charge is 0.390 e. The minimum Gasteiger partial charge on any atom is -0.390 e. The molecule has 1 heterocycles. The molecule has 1 aliphatic heterocycles. The molecule has 2 N–H and O–H groups in total. The van der Waals surface area contributed by atoms with Crippen LogP contribution in [0.1, 0.15) is 57.1 Å². The van der Waals surface area contributed by atoms with E-state index in [0.29, 0.717) is 35.5 Å². The lowest BCUT2D eigenvalue weighted by Crippen LogP contribution is -2.25. The van der Waals surface area contributed by atoms with Crippen molar-refractivity contribution in [3.8, 4) is 0 Å². The number of aliphatic imine (C=N–C) groups is 1. The molecule has 1 aliphatic rings. The van der Waals surface area contributed by atoms with Crippen molar-refractivity contribution in [3.05, 3.63) is 65.1 Å². The summed E-state index contributed by atoms with van der Waals surface area (Å²) in [6.07, 6.45) is 9.34. The number of benzene rings is 1. The molecule has 1 aromatic carbocycles. The number of nitrogens with zero attached hydrogens (tertiary/aromatic N) is 1. The second-order valence-corrected chi connectivity index (χ2v) is 8.98. The highest BCUT2D eigenvalue weighted by atomic mass is 35.5. The van der Waals surface area contributed by atoms with Gasteiger partial charge in [-0.15, -0.1) is 0 Å². The Kier molecular flexibility index (Phi) is 11.0. The van der Waals surface area contributed by atoms with Crippen molar-refractivity contribution in [2.24, 2.45) is 16.8 Å². The maximum atomic E-state index is 14.5. The van der Waals surface area contributed by atoms with Crippen LogP contribution in [0.4, 0.5) is 4.39 Å². The maximum Gasteiger partial charge on any atom is 0.127 e. The molecule has 0 aromatic heterocycles. The van der Waals surface area contributed by atoms with E-state index in [0.717, 1.165) is 61.9 Å². The molecular weight excluding hydrogens is 409 g/mol. The van der Waals surface area contributed by atoms with E-state index in [1.54, 1.807) is 12.3 Å². The van der Waals surface area contributed by atoms with Crippen molar-refractivity contribution in [2.75, 3.05) is 19.8 Å². The van der Waals surface area contributed by atoms with Gasteiger partial charge in [0.25, 0.3) is 0 Å². The molecule has 1 aromatic rings. The molecule has 0 saturated carbocycles.